The van der Waals surface area contributed by atoms with Crippen molar-refractivity contribution in [2.75, 3.05) is 17.2 Å². The van der Waals surface area contributed by atoms with Crippen LogP contribution in [0, 0.1) is 11.8 Å². The van der Waals surface area contributed by atoms with Gasteiger partial charge >= 0.3 is 6.61 Å². The van der Waals surface area contributed by atoms with Crippen molar-refractivity contribution in [3.8, 4) is 5.88 Å². The number of anilines is 3. The zero-order chi connectivity index (χ0) is 28.9. The van der Waals surface area contributed by atoms with Crippen molar-refractivity contribution in [3.63, 3.8) is 0 Å². The minimum absolute atomic E-state index is 0.163. The summed E-state index contributed by atoms with van der Waals surface area (Å²) in [5, 5.41) is 21.2. The zero-order valence-electron chi connectivity index (χ0n) is 22.0. The minimum atomic E-state index is -3.01. The number of halogens is 4. The molecule has 1 atom stereocenters. The predicted molar refractivity (Wildman–Crippen MR) is 140 cm³/mol. The number of nitrogens with zero attached hydrogens (tertiary/aromatic N) is 5. The fourth-order valence-corrected chi connectivity index (χ4v) is 6.50. The third-order valence-electron chi connectivity index (χ3n) is 7.68. The SMILES string of the molecule is Cn1nc(OC(F)F)cc1Nc1nncn1[C@H]1CCc2sc(NC(=O)C3CC(F)(F)C3)c(C(=O)NCC3CC3)c2C1. The molecule has 3 aliphatic rings. The molecule has 0 radical (unpaired) electrons. The largest absolute Gasteiger partial charge is 0.415 e. The second-order valence-electron chi connectivity index (χ2n) is 10.8. The summed E-state index contributed by atoms with van der Waals surface area (Å²) in [6.45, 7) is -2.47. The van der Waals surface area contributed by atoms with Gasteiger partial charge in [-0.25, -0.2) is 13.5 Å². The summed E-state index contributed by atoms with van der Waals surface area (Å²) >= 11 is 1.31. The van der Waals surface area contributed by atoms with E-state index in [2.05, 4.69) is 36.0 Å². The van der Waals surface area contributed by atoms with E-state index in [1.54, 1.807) is 13.4 Å². The van der Waals surface area contributed by atoms with Gasteiger partial charge in [-0.05, 0) is 43.6 Å². The predicted octanol–water partition coefficient (Wildman–Crippen LogP) is 4.27. The van der Waals surface area contributed by atoms with E-state index in [-0.39, 0.29) is 17.8 Å². The summed E-state index contributed by atoms with van der Waals surface area (Å²) in [5.41, 5.74) is 1.17. The molecule has 0 aromatic carbocycles. The number of amides is 2. The molecule has 2 amide bonds. The summed E-state index contributed by atoms with van der Waals surface area (Å²) in [4.78, 5) is 27.1. The van der Waals surface area contributed by atoms with Gasteiger partial charge in [-0.3, -0.25) is 14.2 Å². The van der Waals surface area contributed by atoms with Gasteiger partial charge in [0.25, 0.3) is 5.91 Å². The molecule has 16 heteroatoms. The molecule has 3 aliphatic carbocycles. The fraction of sp³-hybridized carbons (Fsp3) is 0.560. The van der Waals surface area contributed by atoms with Crippen LogP contribution in [-0.2, 0) is 24.7 Å². The van der Waals surface area contributed by atoms with Crippen LogP contribution in [0.1, 0.15) is 58.9 Å². The highest BCUT2D eigenvalue weighted by Gasteiger charge is 2.49. The van der Waals surface area contributed by atoms with Crippen LogP contribution in [-0.4, -0.2) is 55.4 Å². The van der Waals surface area contributed by atoms with Gasteiger partial charge in [-0.2, -0.15) is 8.78 Å². The lowest BCUT2D eigenvalue weighted by Crippen LogP contribution is -2.42. The molecule has 0 spiro atoms. The number of carbonyl (C=O) groups is 2. The number of carbonyl (C=O) groups excluding carboxylic acids is 2. The second-order valence-corrected chi connectivity index (χ2v) is 11.9. The number of hydrogen-bond acceptors (Lipinski definition) is 8. The van der Waals surface area contributed by atoms with E-state index in [0.29, 0.717) is 54.1 Å². The number of thiophene rings is 1. The van der Waals surface area contributed by atoms with Crippen LogP contribution < -0.4 is 20.7 Å². The van der Waals surface area contributed by atoms with Crippen molar-refractivity contribution < 1.29 is 31.9 Å². The van der Waals surface area contributed by atoms with Gasteiger partial charge in [0.15, 0.2) is 0 Å². The van der Waals surface area contributed by atoms with Crippen molar-refractivity contribution >= 4 is 39.9 Å². The Bertz CT molecular complexity index is 1460. The van der Waals surface area contributed by atoms with Crippen molar-refractivity contribution in [1.29, 1.82) is 0 Å². The van der Waals surface area contributed by atoms with Gasteiger partial charge < -0.3 is 20.7 Å². The first-order valence-corrected chi connectivity index (χ1v) is 14.1. The summed E-state index contributed by atoms with van der Waals surface area (Å²) < 4.78 is 59.5. The minimum Gasteiger partial charge on any atom is -0.415 e. The summed E-state index contributed by atoms with van der Waals surface area (Å²) in [6, 6.07) is 1.15. The Hall–Kier alpha value is -3.69. The third kappa shape index (κ3) is 5.87. The van der Waals surface area contributed by atoms with Gasteiger partial charge in [-0.15, -0.1) is 26.6 Å². The standard InChI is InChI=1S/C25H28F4N8O3S/c1-36-17(7-18(35-36)40-23(26)27)32-24-34-31-11-37(24)14-4-5-16-15(6-14)19(21(39)30-10-12-2-3-12)22(41-16)33-20(38)13-8-25(28,29)9-13/h7,11-14,23H,2-6,8-10H2,1H3,(H,30,39)(H,32,34)(H,33,38)/t14-/m0/s1. The molecule has 3 heterocycles. The average Bonchev–Trinajstić information content (AvgIpc) is 3.34. The van der Waals surface area contributed by atoms with E-state index >= 15 is 0 Å². The molecule has 6 rings (SSSR count). The first-order valence-electron chi connectivity index (χ1n) is 13.3. The maximum atomic E-state index is 13.4. The number of aromatic nitrogens is 5. The molecule has 0 bridgehead atoms. The molecular formula is C25H28F4N8O3S. The van der Waals surface area contributed by atoms with Crippen LogP contribution >= 0.6 is 11.3 Å². The van der Waals surface area contributed by atoms with Crippen LogP contribution in [0.4, 0.5) is 34.3 Å². The number of rotatable bonds is 10. The van der Waals surface area contributed by atoms with Gasteiger partial charge in [0.1, 0.15) is 17.1 Å². The van der Waals surface area contributed by atoms with E-state index in [1.807, 2.05) is 4.57 Å². The van der Waals surface area contributed by atoms with E-state index in [9.17, 15) is 27.2 Å². The highest BCUT2D eigenvalue weighted by Crippen LogP contribution is 2.45. The van der Waals surface area contributed by atoms with Gasteiger partial charge in [0.2, 0.25) is 23.7 Å². The summed E-state index contributed by atoms with van der Waals surface area (Å²) in [7, 11) is 1.56. The maximum Gasteiger partial charge on any atom is 0.388 e. The van der Waals surface area contributed by atoms with E-state index in [4.69, 9.17) is 0 Å². The van der Waals surface area contributed by atoms with Crippen LogP contribution in [0.3, 0.4) is 0 Å². The lowest BCUT2D eigenvalue weighted by atomic mass is 9.81. The van der Waals surface area contributed by atoms with Gasteiger partial charge in [0.05, 0.1) is 5.56 Å². The number of nitrogens with one attached hydrogen (secondary N) is 3. The molecule has 0 saturated heterocycles. The van der Waals surface area contributed by atoms with Crippen molar-refractivity contribution in [2.45, 2.75) is 63.5 Å². The zero-order valence-corrected chi connectivity index (χ0v) is 22.8. The Balaban J connectivity index is 1.23. The van der Waals surface area contributed by atoms with Crippen molar-refractivity contribution in [2.24, 2.45) is 18.9 Å². The Morgan fingerprint density at radius 1 is 1.24 bits per heavy atom. The molecule has 2 fully saturated rings. The van der Waals surface area contributed by atoms with Gasteiger partial charge in [-0.1, -0.05) is 0 Å². The number of hydrogen-bond donors (Lipinski definition) is 3. The van der Waals surface area contributed by atoms with Crippen molar-refractivity contribution in [1.82, 2.24) is 29.9 Å². The summed E-state index contributed by atoms with van der Waals surface area (Å²) in [5.74, 6) is -3.52. The molecule has 11 nitrogen and oxygen atoms in total. The molecule has 0 aliphatic heterocycles. The second kappa shape index (κ2) is 10.6. The molecule has 3 aromatic rings. The Morgan fingerprint density at radius 2 is 2.02 bits per heavy atom. The van der Waals surface area contributed by atoms with Gasteiger partial charge in [0, 0.05) is 49.3 Å². The molecule has 3 aromatic heterocycles. The molecule has 0 unspecified atom stereocenters. The lowest BCUT2D eigenvalue weighted by Gasteiger charge is -2.33. The fourth-order valence-electron chi connectivity index (χ4n) is 5.26. The topological polar surface area (TPSA) is 128 Å². The monoisotopic (exact) mass is 596 g/mol. The number of ether oxygens (including phenoxy) is 1. The molecule has 3 N–H and O–H groups in total. The van der Waals surface area contributed by atoms with Crippen LogP contribution in [0.25, 0.3) is 0 Å². The normalized spacial score (nSPS) is 19.9. The Morgan fingerprint density at radius 3 is 2.73 bits per heavy atom. The van der Waals surface area contributed by atoms with E-state index in [1.165, 1.54) is 22.1 Å². The van der Waals surface area contributed by atoms with E-state index < -0.39 is 37.2 Å². The van der Waals surface area contributed by atoms with Crippen LogP contribution in [0.2, 0.25) is 0 Å². The highest BCUT2D eigenvalue weighted by atomic mass is 32.1. The highest BCUT2D eigenvalue weighted by molar-refractivity contribution is 7.17. The smallest absolute Gasteiger partial charge is 0.388 e. The quantitative estimate of drug-likeness (QED) is 0.298. The number of aryl methyl sites for hydroxylation is 2. The first-order chi connectivity index (χ1) is 19.6. The van der Waals surface area contributed by atoms with Crippen LogP contribution in [0.5, 0.6) is 5.88 Å². The Labute approximate surface area is 235 Å². The first kappa shape index (κ1) is 27.5. The summed E-state index contributed by atoms with van der Waals surface area (Å²) in [6.07, 6.45) is 4.39. The molecule has 41 heavy (non-hydrogen) atoms. The maximum absolute atomic E-state index is 13.4. The Kier molecular flexibility index (Phi) is 7.11. The average molecular weight is 597 g/mol. The van der Waals surface area contributed by atoms with Crippen LogP contribution in [0.15, 0.2) is 12.4 Å². The number of fused-ring (bicyclic) bond motifs is 1. The van der Waals surface area contributed by atoms with E-state index in [0.717, 1.165) is 23.3 Å². The third-order valence-corrected chi connectivity index (χ3v) is 8.89. The van der Waals surface area contributed by atoms with Crippen molar-refractivity contribution in [3.05, 3.63) is 28.4 Å². The molecule has 2 saturated carbocycles. The molecule has 220 valence electrons. The lowest BCUT2D eigenvalue weighted by molar-refractivity contribution is -0.145. The molecular weight excluding hydrogens is 568 g/mol. The number of alkyl halides is 4.